The molecular weight excluding hydrogens is 402 g/mol. The highest BCUT2D eigenvalue weighted by molar-refractivity contribution is 7.86. The van der Waals surface area contributed by atoms with Gasteiger partial charge >= 0.3 is 0 Å². The van der Waals surface area contributed by atoms with Crippen molar-refractivity contribution in [3.05, 3.63) is 42.5 Å². The van der Waals surface area contributed by atoms with Crippen LogP contribution in [0, 0.1) is 6.92 Å². The van der Waals surface area contributed by atoms with Crippen LogP contribution in [0.15, 0.2) is 41.8 Å². The van der Waals surface area contributed by atoms with Gasteiger partial charge in [0, 0.05) is 0 Å². The summed E-state index contributed by atoms with van der Waals surface area (Å²) in [5.74, 6) is 0.158. The number of imidazole rings is 1. The summed E-state index contributed by atoms with van der Waals surface area (Å²) in [5.41, 5.74) is 7.28. The second kappa shape index (κ2) is 7.31. The van der Waals surface area contributed by atoms with Gasteiger partial charge in [-0.2, -0.15) is 8.42 Å². The van der Waals surface area contributed by atoms with E-state index in [-0.39, 0.29) is 10.7 Å². The van der Waals surface area contributed by atoms with Crippen LogP contribution < -0.4 is 5.73 Å². The maximum atomic E-state index is 12.3. The lowest BCUT2D eigenvalue weighted by molar-refractivity contribution is -0.0467. The predicted molar refractivity (Wildman–Crippen MR) is 100.0 cm³/mol. The summed E-state index contributed by atoms with van der Waals surface area (Å²) in [6.07, 6.45) is -2.30. The number of rotatable bonds is 5. The first kappa shape index (κ1) is 19.7. The zero-order chi connectivity index (χ0) is 20.8. The number of aromatic nitrogens is 4. The first-order valence-corrected chi connectivity index (χ1v) is 10.1. The van der Waals surface area contributed by atoms with Gasteiger partial charge in [0.25, 0.3) is 10.1 Å². The van der Waals surface area contributed by atoms with Crippen LogP contribution in [0.3, 0.4) is 0 Å². The number of nitrogens with two attached hydrogens (primary N) is 1. The second-order valence-electron chi connectivity index (χ2n) is 6.68. The molecule has 0 saturated carbocycles. The summed E-state index contributed by atoms with van der Waals surface area (Å²) < 4.78 is 36.8. The van der Waals surface area contributed by atoms with Crippen molar-refractivity contribution in [1.82, 2.24) is 19.5 Å². The van der Waals surface area contributed by atoms with Crippen molar-refractivity contribution in [1.29, 1.82) is 0 Å². The number of nitrogen functional groups attached to an aromatic ring is 1. The largest absolute Gasteiger partial charge is 0.387 e. The Labute approximate surface area is 165 Å². The fourth-order valence-corrected chi connectivity index (χ4v) is 4.00. The van der Waals surface area contributed by atoms with Gasteiger partial charge in [-0.3, -0.25) is 8.75 Å². The number of nitrogens with zero attached hydrogens (tertiary/aromatic N) is 4. The molecule has 0 radical (unpaired) electrons. The van der Waals surface area contributed by atoms with Crippen molar-refractivity contribution in [2.75, 3.05) is 12.3 Å². The molecule has 1 aromatic carbocycles. The molecule has 1 saturated heterocycles. The third-order valence-electron chi connectivity index (χ3n) is 4.70. The SMILES string of the molecule is Cc1ccc(S(=O)(=O)OC[C@H]2O[C@@H](n3cnc4c(N)ncnc43)[C@@H](O)C2O)cc1. The summed E-state index contributed by atoms with van der Waals surface area (Å²) in [5, 5.41) is 20.7. The highest BCUT2D eigenvalue weighted by Gasteiger charge is 2.45. The van der Waals surface area contributed by atoms with E-state index in [1.54, 1.807) is 12.1 Å². The van der Waals surface area contributed by atoms with Crippen LogP contribution in [0.1, 0.15) is 11.8 Å². The van der Waals surface area contributed by atoms with Gasteiger partial charge < -0.3 is 20.7 Å². The summed E-state index contributed by atoms with van der Waals surface area (Å²) in [6.45, 7) is 1.36. The lowest BCUT2D eigenvalue weighted by atomic mass is 10.1. The number of anilines is 1. The quantitative estimate of drug-likeness (QED) is 0.468. The fourth-order valence-electron chi connectivity index (χ4n) is 3.08. The van der Waals surface area contributed by atoms with E-state index in [2.05, 4.69) is 15.0 Å². The summed E-state index contributed by atoms with van der Waals surface area (Å²) in [6, 6.07) is 6.15. The van der Waals surface area contributed by atoms with Crippen LogP contribution >= 0.6 is 0 Å². The van der Waals surface area contributed by atoms with Crippen LogP contribution in [0.2, 0.25) is 0 Å². The Bertz CT molecular complexity index is 1130. The molecule has 11 nitrogen and oxygen atoms in total. The monoisotopic (exact) mass is 421 g/mol. The van der Waals surface area contributed by atoms with Crippen molar-refractivity contribution in [3.63, 3.8) is 0 Å². The highest BCUT2D eigenvalue weighted by atomic mass is 32.2. The second-order valence-corrected chi connectivity index (χ2v) is 8.30. The molecule has 1 unspecified atom stereocenters. The first-order chi connectivity index (χ1) is 13.8. The van der Waals surface area contributed by atoms with Crippen molar-refractivity contribution in [2.24, 2.45) is 0 Å². The van der Waals surface area contributed by atoms with Gasteiger partial charge in [0.05, 0.1) is 17.8 Å². The molecular formula is C17H19N5O6S. The number of aryl methyl sites for hydroxylation is 1. The summed E-state index contributed by atoms with van der Waals surface area (Å²) in [7, 11) is -4.05. The Morgan fingerprint density at radius 2 is 1.90 bits per heavy atom. The van der Waals surface area contributed by atoms with Gasteiger partial charge in [0.1, 0.15) is 30.2 Å². The molecule has 0 spiro atoms. The number of ether oxygens (including phenoxy) is 1. The lowest BCUT2D eigenvalue weighted by Gasteiger charge is -2.16. The number of benzene rings is 1. The highest BCUT2D eigenvalue weighted by Crippen LogP contribution is 2.32. The third kappa shape index (κ3) is 3.56. The minimum Gasteiger partial charge on any atom is -0.387 e. The van der Waals surface area contributed by atoms with Crippen LogP contribution in [0.4, 0.5) is 5.82 Å². The van der Waals surface area contributed by atoms with E-state index in [1.165, 1.54) is 29.4 Å². The lowest BCUT2D eigenvalue weighted by Crippen LogP contribution is -2.34. The van der Waals surface area contributed by atoms with Gasteiger partial charge in [0.2, 0.25) is 0 Å². The van der Waals surface area contributed by atoms with Crippen LogP contribution in [0.5, 0.6) is 0 Å². The Kier molecular flexibility index (Phi) is 4.96. The van der Waals surface area contributed by atoms with E-state index >= 15 is 0 Å². The molecule has 0 amide bonds. The minimum atomic E-state index is -4.05. The topological polar surface area (TPSA) is 163 Å². The smallest absolute Gasteiger partial charge is 0.297 e. The van der Waals surface area contributed by atoms with Gasteiger partial charge in [-0.25, -0.2) is 15.0 Å². The van der Waals surface area contributed by atoms with Crippen LogP contribution in [-0.2, 0) is 19.0 Å². The van der Waals surface area contributed by atoms with Crippen molar-refractivity contribution in [3.8, 4) is 0 Å². The standard InChI is InChI=1S/C17H19N5O6S/c1-9-2-4-10(5-3-9)29(25,26)27-6-11-13(23)14(24)17(28-11)22-8-21-12-15(18)19-7-20-16(12)22/h2-5,7-8,11,13-14,17,23-24H,6H2,1H3,(H2,18,19,20)/t11-,13?,14+,17-/m1/s1. The molecule has 3 heterocycles. The predicted octanol–water partition coefficient (Wildman–Crippen LogP) is -0.258. The maximum absolute atomic E-state index is 12.3. The molecule has 4 N–H and O–H groups in total. The molecule has 12 heteroatoms. The van der Waals surface area contributed by atoms with Gasteiger partial charge in [-0.1, -0.05) is 17.7 Å². The molecule has 1 fully saturated rings. The van der Waals surface area contributed by atoms with E-state index in [9.17, 15) is 18.6 Å². The molecule has 1 aliphatic rings. The molecule has 3 aromatic rings. The number of hydrogen-bond acceptors (Lipinski definition) is 10. The van der Waals surface area contributed by atoms with E-state index in [1.807, 2.05) is 6.92 Å². The Hall–Kier alpha value is -2.64. The average molecular weight is 421 g/mol. The van der Waals surface area contributed by atoms with Crippen LogP contribution in [-0.4, -0.2) is 63.1 Å². The number of fused-ring (bicyclic) bond motifs is 1. The maximum Gasteiger partial charge on any atom is 0.297 e. The Morgan fingerprint density at radius 1 is 1.17 bits per heavy atom. The van der Waals surface area contributed by atoms with Crippen LogP contribution in [0.25, 0.3) is 11.2 Å². The minimum absolute atomic E-state index is 0.0135. The molecule has 2 aromatic heterocycles. The Balaban J connectivity index is 1.51. The van der Waals surface area contributed by atoms with E-state index < -0.39 is 41.3 Å². The fraction of sp³-hybridized carbons (Fsp3) is 0.353. The van der Waals surface area contributed by atoms with E-state index in [0.717, 1.165) is 5.56 Å². The van der Waals surface area contributed by atoms with Gasteiger partial charge in [-0.15, -0.1) is 0 Å². The molecule has 1 aliphatic heterocycles. The first-order valence-electron chi connectivity index (χ1n) is 8.68. The molecule has 4 atom stereocenters. The zero-order valence-corrected chi connectivity index (χ0v) is 16.1. The molecule has 0 aliphatic carbocycles. The molecule has 29 heavy (non-hydrogen) atoms. The Morgan fingerprint density at radius 3 is 2.62 bits per heavy atom. The van der Waals surface area contributed by atoms with Crippen molar-refractivity contribution < 1.29 is 27.6 Å². The molecule has 0 bridgehead atoms. The molecule has 154 valence electrons. The van der Waals surface area contributed by atoms with Crippen molar-refractivity contribution >= 4 is 27.1 Å². The number of aliphatic hydroxyl groups excluding tert-OH is 2. The summed E-state index contributed by atoms with van der Waals surface area (Å²) >= 11 is 0. The number of aliphatic hydroxyl groups is 2. The van der Waals surface area contributed by atoms with Gasteiger partial charge in [-0.05, 0) is 19.1 Å². The van der Waals surface area contributed by atoms with Crippen molar-refractivity contribution in [2.45, 2.75) is 36.4 Å². The van der Waals surface area contributed by atoms with Gasteiger partial charge in [0.15, 0.2) is 17.7 Å². The number of hydrogen-bond donors (Lipinski definition) is 3. The zero-order valence-electron chi connectivity index (χ0n) is 15.3. The molecule has 4 rings (SSSR count). The summed E-state index contributed by atoms with van der Waals surface area (Å²) in [4.78, 5) is 12.0. The normalized spacial score (nSPS) is 24.9. The average Bonchev–Trinajstić information content (AvgIpc) is 3.24. The third-order valence-corrected chi connectivity index (χ3v) is 5.99. The van der Waals surface area contributed by atoms with E-state index in [0.29, 0.717) is 11.2 Å². The van der Waals surface area contributed by atoms with E-state index in [4.69, 9.17) is 14.7 Å².